The van der Waals surface area contributed by atoms with Crippen molar-refractivity contribution in [1.29, 1.82) is 0 Å². The van der Waals surface area contributed by atoms with Gasteiger partial charge in [-0.1, -0.05) is 32.0 Å². The van der Waals surface area contributed by atoms with Crippen LogP contribution in [0.25, 0.3) is 21.3 Å². The van der Waals surface area contributed by atoms with Gasteiger partial charge in [0, 0.05) is 24.0 Å². The number of hydrogen-bond acceptors (Lipinski definition) is 4. The van der Waals surface area contributed by atoms with Crippen LogP contribution in [0.1, 0.15) is 31.4 Å². The van der Waals surface area contributed by atoms with Gasteiger partial charge in [-0.15, -0.1) is 11.3 Å². The summed E-state index contributed by atoms with van der Waals surface area (Å²) >= 11 is 1.47. The molecule has 1 aliphatic rings. The largest absolute Gasteiger partial charge is 0.341 e. The summed E-state index contributed by atoms with van der Waals surface area (Å²) in [4.78, 5) is 33.2. The molecule has 0 aliphatic carbocycles. The van der Waals surface area contributed by atoms with Gasteiger partial charge >= 0.3 is 0 Å². The first-order valence-electron chi connectivity index (χ1n) is 10.2. The average molecular weight is 410 g/mol. The van der Waals surface area contributed by atoms with E-state index in [9.17, 15) is 9.59 Å². The number of thiophene rings is 1. The summed E-state index contributed by atoms with van der Waals surface area (Å²) in [7, 11) is 0. The minimum atomic E-state index is -0.143. The number of benzene rings is 1. The molecule has 0 N–H and O–H groups in total. The van der Waals surface area contributed by atoms with Crippen LogP contribution in [0.4, 0.5) is 0 Å². The number of nitrogens with zero attached hydrogens (tertiary/aromatic N) is 3. The number of aryl methyl sites for hydroxylation is 2. The molecule has 1 amide bonds. The molecule has 2 atom stereocenters. The van der Waals surface area contributed by atoms with E-state index in [-0.39, 0.29) is 18.0 Å². The second-order valence-electron chi connectivity index (χ2n) is 8.55. The van der Waals surface area contributed by atoms with Crippen molar-refractivity contribution in [3.63, 3.8) is 0 Å². The van der Waals surface area contributed by atoms with Crippen LogP contribution in [0.3, 0.4) is 0 Å². The Morgan fingerprint density at radius 2 is 1.90 bits per heavy atom. The first-order valence-corrected chi connectivity index (χ1v) is 11.0. The normalized spacial score (nSPS) is 19.7. The zero-order chi connectivity index (χ0) is 20.7. The third-order valence-electron chi connectivity index (χ3n) is 5.91. The topological polar surface area (TPSA) is 55.2 Å². The van der Waals surface area contributed by atoms with Gasteiger partial charge in [0.1, 0.15) is 11.4 Å². The minimum Gasteiger partial charge on any atom is -0.341 e. The van der Waals surface area contributed by atoms with Gasteiger partial charge in [0.25, 0.3) is 5.56 Å². The highest BCUT2D eigenvalue weighted by Crippen LogP contribution is 2.31. The van der Waals surface area contributed by atoms with E-state index in [1.807, 2.05) is 16.3 Å². The Morgan fingerprint density at radius 3 is 2.59 bits per heavy atom. The van der Waals surface area contributed by atoms with Crippen molar-refractivity contribution in [2.75, 3.05) is 13.1 Å². The molecule has 3 heterocycles. The molecule has 4 rings (SSSR count). The maximum absolute atomic E-state index is 13.2. The molecule has 0 bridgehead atoms. The van der Waals surface area contributed by atoms with Crippen molar-refractivity contribution in [3.8, 4) is 11.1 Å². The van der Waals surface area contributed by atoms with Crippen molar-refractivity contribution < 1.29 is 4.79 Å². The number of aromatic nitrogens is 2. The minimum absolute atomic E-state index is 0.00499. The summed E-state index contributed by atoms with van der Waals surface area (Å²) in [6.45, 7) is 10.1. The molecule has 29 heavy (non-hydrogen) atoms. The second kappa shape index (κ2) is 7.75. The zero-order valence-corrected chi connectivity index (χ0v) is 18.3. The standard InChI is InChI=1S/C23H27N3O2S/c1-14-7-15(2)10-25(9-14)20(27)11-26-13-24-22-21(23(26)28)19(12-29-22)18-6-5-16(3)17(4)8-18/h5-6,8,12-15H,7,9-11H2,1-4H3/t14-,15-/m0/s1. The van der Waals surface area contributed by atoms with Gasteiger partial charge < -0.3 is 4.90 Å². The van der Waals surface area contributed by atoms with Gasteiger partial charge in [0.2, 0.25) is 5.91 Å². The van der Waals surface area contributed by atoms with Gasteiger partial charge in [-0.2, -0.15) is 0 Å². The first-order chi connectivity index (χ1) is 13.8. The second-order valence-corrected chi connectivity index (χ2v) is 9.41. The van der Waals surface area contributed by atoms with Crippen molar-refractivity contribution >= 4 is 27.5 Å². The van der Waals surface area contributed by atoms with Gasteiger partial charge in [-0.3, -0.25) is 14.2 Å². The highest BCUT2D eigenvalue weighted by Gasteiger charge is 2.26. The number of hydrogen-bond donors (Lipinski definition) is 0. The van der Waals surface area contributed by atoms with E-state index >= 15 is 0 Å². The summed E-state index contributed by atoms with van der Waals surface area (Å²) in [6.07, 6.45) is 2.66. The molecule has 0 saturated carbocycles. The number of carbonyl (C=O) groups is 1. The van der Waals surface area contributed by atoms with E-state index in [0.717, 1.165) is 30.6 Å². The highest BCUT2D eigenvalue weighted by molar-refractivity contribution is 7.17. The maximum atomic E-state index is 13.2. The maximum Gasteiger partial charge on any atom is 0.263 e. The van der Waals surface area contributed by atoms with Crippen LogP contribution in [0.5, 0.6) is 0 Å². The summed E-state index contributed by atoms with van der Waals surface area (Å²) < 4.78 is 1.46. The third kappa shape index (κ3) is 3.86. The van der Waals surface area contributed by atoms with Crippen LogP contribution in [0.2, 0.25) is 0 Å². The fourth-order valence-electron chi connectivity index (χ4n) is 4.31. The molecule has 0 spiro atoms. The van der Waals surface area contributed by atoms with E-state index in [1.165, 1.54) is 33.4 Å². The van der Waals surface area contributed by atoms with E-state index in [4.69, 9.17) is 0 Å². The van der Waals surface area contributed by atoms with Gasteiger partial charge in [0.15, 0.2) is 0 Å². The quantitative estimate of drug-likeness (QED) is 0.650. The lowest BCUT2D eigenvalue weighted by molar-refractivity contribution is -0.134. The molecule has 0 unspecified atom stereocenters. The summed E-state index contributed by atoms with van der Waals surface area (Å²) in [5, 5.41) is 2.59. The SMILES string of the molecule is Cc1ccc(-c2csc3ncn(CC(=O)N4C[C@@H](C)C[C@H](C)C4)c(=O)c23)cc1C. The van der Waals surface area contributed by atoms with Crippen LogP contribution in [0.15, 0.2) is 34.7 Å². The number of rotatable bonds is 3. The van der Waals surface area contributed by atoms with Gasteiger partial charge in [0.05, 0.1) is 11.7 Å². The zero-order valence-electron chi connectivity index (χ0n) is 17.4. The summed E-state index contributed by atoms with van der Waals surface area (Å²) in [5.74, 6) is 0.983. The average Bonchev–Trinajstić information content (AvgIpc) is 3.10. The number of fused-ring (bicyclic) bond motifs is 1. The highest BCUT2D eigenvalue weighted by atomic mass is 32.1. The number of carbonyl (C=O) groups excluding carboxylic acids is 1. The van der Waals surface area contributed by atoms with Crippen LogP contribution in [-0.2, 0) is 11.3 Å². The summed E-state index contributed by atoms with van der Waals surface area (Å²) in [6, 6.07) is 6.23. The number of amides is 1. The van der Waals surface area contributed by atoms with E-state index in [1.54, 1.807) is 0 Å². The molecule has 152 valence electrons. The molecule has 0 radical (unpaired) electrons. The Kier molecular flexibility index (Phi) is 5.30. The van der Waals surface area contributed by atoms with E-state index < -0.39 is 0 Å². The monoisotopic (exact) mass is 409 g/mol. The lowest BCUT2D eigenvalue weighted by atomic mass is 9.92. The van der Waals surface area contributed by atoms with Crippen LogP contribution in [0, 0.1) is 25.7 Å². The molecule has 1 saturated heterocycles. The lowest BCUT2D eigenvalue weighted by Gasteiger charge is -2.35. The van der Waals surface area contributed by atoms with Crippen LogP contribution < -0.4 is 5.56 Å². The Morgan fingerprint density at radius 1 is 1.17 bits per heavy atom. The van der Waals surface area contributed by atoms with Crippen LogP contribution >= 0.6 is 11.3 Å². The molecule has 1 fully saturated rings. The fourth-order valence-corrected chi connectivity index (χ4v) is 5.22. The molecule has 6 heteroatoms. The molecule has 1 aliphatic heterocycles. The number of piperidine rings is 1. The predicted octanol–water partition coefficient (Wildman–Crippen LogP) is 4.25. The lowest BCUT2D eigenvalue weighted by Crippen LogP contribution is -2.44. The number of likely N-dealkylation sites (tertiary alicyclic amines) is 1. The Bertz CT molecular complexity index is 1120. The van der Waals surface area contributed by atoms with Gasteiger partial charge in [-0.25, -0.2) is 4.98 Å². The molecule has 2 aromatic heterocycles. The van der Waals surface area contributed by atoms with Gasteiger partial charge in [-0.05, 0) is 48.8 Å². The molecule has 1 aromatic carbocycles. The van der Waals surface area contributed by atoms with Crippen LogP contribution in [-0.4, -0.2) is 33.4 Å². The van der Waals surface area contributed by atoms with E-state index in [0.29, 0.717) is 22.1 Å². The van der Waals surface area contributed by atoms with Crippen molar-refractivity contribution in [3.05, 3.63) is 51.4 Å². The van der Waals surface area contributed by atoms with E-state index in [2.05, 4.69) is 44.8 Å². The Labute approximate surface area is 175 Å². The molecule has 3 aromatic rings. The Hall–Kier alpha value is -2.47. The molecule has 5 nitrogen and oxygen atoms in total. The molecular weight excluding hydrogens is 382 g/mol. The van der Waals surface area contributed by atoms with Crippen molar-refractivity contribution in [1.82, 2.24) is 14.5 Å². The fraction of sp³-hybridized carbons (Fsp3) is 0.435. The Balaban J connectivity index is 1.68. The van der Waals surface area contributed by atoms with Crippen molar-refractivity contribution in [2.24, 2.45) is 11.8 Å². The third-order valence-corrected chi connectivity index (χ3v) is 6.79. The first kappa shape index (κ1) is 19.8. The smallest absolute Gasteiger partial charge is 0.263 e. The predicted molar refractivity (Wildman–Crippen MR) is 118 cm³/mol. The summed E-state index contributed by atoms with van der Waals surface area (Å²) in [5.41, 5.74) is 4.18. The molecular formula is C23H27N3O2S. The van der Waals surface area contributed by atoms with Crippen molar-refractivity contribution in [2.45, 2.75) is 40.7 Å².